The monoisotopic (exact) mass is 270 g/mol. The maximum atomic E-state index is 14.0. The van der Waals surface area contributed by atoms with Crippen LogP contribution in [0.25, 0.3) is 0 Å². The molecule has 1 aromatic carbocycles. The van der Waals surface area contributed by atoms with Crippen LogP contribution in [0.2, 0.25) is 0 Å². The van der Waals surface area contributed by atoms with Gasteiger partial charge >= 0.3 is 0 Å². The first-order valence-corrected chi connectivity index (χ1v) is 6.84. The second kappa shape index (κ2) is 6.84. The van der Waals surface area contributed by atoms with Crippen molar-refractivity contribution in [3.8, 4) is 5.75 Å². The van der Waals surface area contributed by atoms with E-state index in [1.807, 2.05) is 0 Å². The van der Waals surface area contributed by atoms with E-state index < -0.39 is 0 Å². The van der Waals surface area contributed by atoms with Gasteiger partial charge in [-0.3, -0.25) is 0 Å². The smallest absolute Gasteiger partial charge is 0.140 e. The molecule has 0 spiro atoms. The predicted octanol–water partition coefficient (Wildman–Crippen LogP) is -1.45. The second-order valence-corrected chi connectivity index (χ2v) is 5.06. The summed E-state index contributed by atoms with van der Waals surface area (Å²) in [6.45, 7) is 3.96. The number of hydrogen-bond acceptors (Lipinski definition) is 2. The number of ether oxygens (including phenoxy) is 1. The van der Waals surface area contributed by atoms with E-state index in [0.717, 1.165) is 31.6 Å². The molecule has 1 saturated heterocycles. The molecular weight excluding hydrogens is 247 g/mol. The molecule has 0 saturated carbocycles. The highest BCUT2D eigenvalue weighted by molar-refractivity contribution is 5.28. The highest BCUT2D eigenvalue weighted by Gasteiger charge is 2.28. The molecule has 0 aliphatic carbocycles. The normalized spacial score (nSPS) is 23.3. The van der Waals surface area contributed by atoms with Crippen molar-refractivity contribution < 1.29 is 24.5 Å². The average molecular weight is 270 g/mol. The minimum absolute atomic E-state index is 0.201. The van der Waals surface area contributed by atoms with Crippen LogP contribution < -0.4 is 15.0 Å². The fourth-order valence-electron chi connectivity index (χ4n) is 2.73. The zero-order chi connectivity index (χ0) is 13.7. The maximum absolute atomic E-state index is 14.0. The first kappa shape index (κ1) is 14.2. The third-order valence-corrected chi connectivity index (χ3v) is 3.85. The molecule has 4 nitrogen and oxygen atoms in total. The Bertz CT molecular complexity index is 412. The number of halogens is 1. The average Bonchev–Trinajstić information content (AvgIpc) is 2.43. The lowest BCUT2D eigenvalue weighted by Crippen LogP contribution is -3.23. The molecule has 19 heavy (non-hydrogen) atoms. The fourth-order valence-corrected chi connectivity index (χ4v) is 2.73. The third kappa shape index (κ3) is 3.65. The van der Waals surface area contributed by atoms with Crippen molar-refractivity contribution in [2.75, 3.05) is 33.4 Å². The van der Waals surface area contributed by atoms with Crippen LogP contribution in [0.3, 0.4) is 0 Å². The Labute approximate surface area is 113 Å². The number of piperazine rings is 1. The summed E-state index contributed by atoms with van der Waals surface area (Å²) < 4.78 is 19.0. The van der Waals surface area contributed by atoms with E-state index in [9.17, 15) is 4.39 Å². The molecular formula is C14H23FN2O2+2. The molecule has 1 heterocycles. The van der Waals surface area contributed by atoms with E-state index in [2.05, 4.69) is 5.32 Å². The molecule has 1 aliphatic rings. The quantitative estimate of drug-likeness (QED) is 0.613. The molecule has 0 aromatic heterocycles. The molecule has 0 amide bonds. The van der Waals surface area contributed by atoms with Crippen LogP contribution in [-0.4, -0.2) is 44.5 Å². The number of aliphatic hydroxyl groups is 1. The summed E-state index contributed by atoms with van der Waals surface area (Å²) in [6.07, 6.45) is 0.781. The van der Waals surface area contributed by atoms with Gasteiger partial charge in [0.25, 0.3) is 0 Å². The molecule has 5 heteroatoms. The fraction of sp³-hybridized carbons (Fsp3) is 0.571. The Hall–Kier alpha value is -1.17. The number of benzene rings is 1. The number of aliphatic hydroxyl groups excluding tert-OH is 1. The first-order valence-electron chi connectivity index (χ1n) is 6.84. The Morgan fingerprint density at radius 1 is 1.53 bits per heavy atom. The lowest BCUT2D eigenvalue weighted by molar-refractivity contribution is -0.982. The summed E-state index contributed by atoms with van der Waals surface area (Å²) in [5.74, 6) is 0.347. The Morgan fingerprint density at radius 3 is 3.05 bits per heavy atom. The summed E-state index contributed by atoms with van der Waals surface area (Å²) in [5.41, 5.74) is 0.723. The van der Waals surface area contributed by atoms with Crippen molar-refractivity contribution in [3.63, 3.8) is 0 Å². The summed E-state index contributed by atoms with van der Waals surface area (Å²) >= 11 is 0. The number of nitrogens with one attached hydrogen (secondary N) is 1. The predicted molar refractivity (Wildman–Crippen MR) is 69.6 cm³/mol. The third-order valence-electron chi connectivity index (χ3n) is 3.85. The van der Waals surface area contributed by atoms with Gasteiger partial charge in [-0.25, -0.2) is 4.39 Å². The van der Waals surface area contributed by atoms with Crippen LogP contribution in [-0.2, 0) is 6.54 Å². The van der Waals surface area contributed by atoms with Gasteiger partial charge in [-0.05, 0) is 12.1 Å². The van der Waals surface area contributed by atoms with E-state index in [1.165, 1.54) is 18.1 Å². The molecule has 1 aromatic rings. The minimum atomic E-state index is -0.204. The van der Waals surface area contributed by atoms with E-state index in [-0.39, 0.29) is 12.4 Å². The van der Waals surface area contributed by atoms with E-state index in [1.54, 1.807) is 12.1 Å². The molecule has 2 unspecified atom stereocenters. The van der Waals surface area contributed by atoms with Crippen molar-refractivity contribution in [1.29, 1.82) is 0 Å². The molecule has 1 aliphatic heterocycles. The molecule has 106 valence electrons. The number of quaternary nitrogens is 2. The Morgan fingerprint density at radius 2 is 2.37 bits per heavy atom. The highest BCUT2D eigenvalue weighted by atomic mass is 19.1. The number of hydrogen-bond donors (Lipinski definition) is 3. The van der Waals surface area contributed by atoms with Crippen LogP contribution in [0.15, 0.2) is 18.2 Å². The van der Waals surface area contributed by atoms with Crippen molar-refractivity contribution in [3.05, 3.63) is 29.6 Å². The van der Waals surface area contributed by atoms with Gasteiger partial charge in [0.1, 0.15) is 43.8 Å². The van der Waals surface area contributed by atoms with Gasteiger partial charge in [-0.2, -0.15) is 0 Å². The summed E-state index contributed by atoms with van der Waals surface area (Å²) in [4.78, 5) is 1.36. The van der Waals surface area contributed by atoms with Gasteiger partial charge < -0.3 is 20.1 Å². The van der Waals surface area contributed by atoms with Crippen molar-refractivity contribution in [1.82, 2.24) is 0 Å². The summed E-state index contributed by atoms with van der Waals surface area (Å²) in [6, 6.07) is 5.44. The SMILES string of the molecule is COc1ccc(C[NH+]2CC[NH2+]CC2CCO)c(F)c1. The van der Waals surface area contributed by atoms with E-state index in [4.69, 9.17) is 9.84 Å². The van der Waals surface area contributed by atoms with Crippen LogP contribution in [0.1, 0.15) is 12.0 Å². The van der Waals surface area contributed by atoms with Crippen molar-refractivity contribution in [2.45, 2.75) is 19.0 Å². The van der Waals surface area contributed by atoms with Gasteiger partial charge in [0, 0.05) is 24.7 Å². The van der Waals surface area contributed by atoms with Gasteiger partial charge in [0.2, 0.25) is 0 Å². The number of methoxy groups -OCH3 is 1. The Kier molecular flexibility index (Phi) is 5.13. The molecule has 0 radical (unpaired) electrons. The first-order chi connectivity index (χ1) is 9.24. The maximum Gasteiger partial charge on any atom is 0.140 e. The standard InChI is InChI=1S/C14H21FN2O2/c1-19-13-3-2-11(14(15)8-13)10-17-6-5-16-9-12(17)4-7-18/h2-3,8,12,16,18H,4-7,9-10H2,1H3/p+2. The van der Waals surface area contributed by atoms with Gasteiger partial charge in [0.05, 0.1) is 7.11 Å². The van der Waals surface area contributed by atoms with Crippen molar-refractivity contribution in [2.24, 2.45) is 0 Å². The zero-order valence-corrected chi connectivity index (χ0v) is 11.4. The van der Waals surface area contributed by atoms with Crippen molar-refractivity contribution >= 4 is 0 Å². The van der Waals surface area contributed by atoms with Gasteiger partial charge in [0.15, 0.2) is 0 Å². The van der Waals surface area contributed by atoms with Crippen LogP contribution in [0.4, 0.5) is 4.39 Å². The zero-order valence-electron chi connectivity index (χ0n) is 11.4. The largest absolute Gasteiger partial charge is 0.497 e. The number of rotatable bonds is 5. The summed E-state index contributed by atoms with van der Waals surface area (Å²) in [7, 11) is 1.54. The minimum Gasteiger partial charge on any atom is -0.497 e. The summed E-state index contributed by atoms with van der Waals surface area (Å²) in [5, 5.41) is 11.4. The van der Waals surface area contributed by atoms with E-state index in [0.29, 0.717) is 18.3 Å². The molecule has 2 rings (SSSR count). The molecule has 4 N–H and O–H groups in total. The molecule has 1 fully saturated rings. The van der Waals surface area contributed by atoms with Crippen LogP contribution in [0, 0.1) is 5.82 Å². The lowest BCUT2D eigenvalue weighted by atomic mass is 10.1. The second-order valence-electron chi connectivity index (χ2n) is 5.06. The van der Waals surface area contributed by atoms with Crippen LogP contribution in [0.5, 0.6) is 5.75 Å². The molecule has 0 bridgehead atoms. The van der Waals surface area contributed by atoms with Gasteiger partial charge in [-0.1, -0.05) is 0 Å². The Balaban J connectivity index is 2.06. The van der Waals surface area contributed by atoms with E-state index >= 15 is 0 Å². The highest BCUT2D eigenvalue weighted by Crippen LogP contribution is 2.15. The molecule has 2 atom stereocenters. The van der Waals surface area contributed by atoms with Crippen LogP contribution >= 0.6 is 0 Å². The lowest BCUT2D eigenvalue weighted by Gasteiger charge is -2.30. The van der Waals surface area contributed by atoms with Gasteiger partial charge in [-0.15, -0.1) is 0 Å². The topological polar surface area (TPSA) is 50.5 Å². The number of nitrogens with two attached hydrogens (primary N) is 1.